The fraction of sp³-hybridized carbons (Fsp3) is 0.364. The molecular weight excluding hydrogens is 240 g/mol. The average molecular weight is 252 g/mol. The van der Waals surface area contributed by atoms with E-state index in [4.69, 9.17) is 11.5 Å². The van der Waals surface area contributed by atoms with Crippen LogP contribution in [0, 0.1) is 12.3 Å². The van der Waals surface area contributed by atoms with Gasteiger partial charge in [0, 0.05) is 18.3 Å². The van der Waals surface area contributed by atoms with Crippen molar-refractivity contribution >= 4 is 23.2 Å². The predicted molar refractivity (Wildman–Crippen MR) is 64.1 cm³/mol. The SMILES string of the molecule is C#CCCCCNC(=O)c1nc(C(=O)O)cs1. The van der Waals surface area contributed by atoms with E-state index >= 15 is 0 Å². The van der Waals surface area contributed by atoms with E-state index < -0.39 is 5.97 Å². The van der Waals surface area contributed by atoms with E-state index in [0.717, 1.165) is 24.2 Å². The highest BCUT2D eigenvalue weighted by molar-refractivity contribution is 7.11. The van der Waals surface area contributed by atoms with Crippen LogP contribution in [0.1, 0.15) is 39.6 Å². The minimum absolute atomic E-state index is 0.104. The Hall–Kier alpha value is -1.87. The number of hydrogen-bond donors (Lipinski definition) is 2. The second-order valence-corrected chi connectivity index (χ2v) is 4.12. The molecule has 0 unspecified atom stereocenters. The summed E-state index contributed by atoms with van der Waals surface area (Å²) in [6.07, 6.45) is 7.44. The lowest BCUT2D eigenvalue weighted by molar-refractivity contribution is 0.0691. The number of thiazole rings is 1. The third-order valence-electron chi connectivity index (χ3n) is 1.95. The van der Waals surface area contributed by atoms with Crippen molar-refractivity contribution in [3.63, 3.8) is 0 Å². The Morgan fingerprint density at radius 1 is 1.53 bits per heavy atom. The second kappa shape index (κ2) is 6.66. The van der Waals surface area contributed by atoms with Gasteiger partial charge in [0.25, 0.3) is 5.91 Å². The Morgan fingerprint density at radius 3 is 2.88 bits per heavy atom. The van der Waals surface area contributed by atoms with Crippen LogP contribution < -0.4 is 5.32 Å². The number of carbonyl (C=O) groups excluding carboxylic acids is 1. The van der Waals surface area contributed by atoms with Crippen molar-refractivity contribution in [2.75, 3.05) is 6.54 Å². The maximum Gasteiger partial charge on any atom is 0.355 e. The maximum absolute atomic E-state index is 11.5. The summed E-state index contributed by atoms with van der Waals surface area (Å²) in [7, 11) is 0. The molecule has 1 heterocycles. The first-order valence-corrected chi connectivity index (χ1v) is 5.93. The van der Waals surface area contributed by atoms with Gasteiger partial charge in [-0.05, 0) is 12.8 Å². The number of unbranched alkanes of at least 4 members (excludes halogenated alkanes) is 2. The Labute approximate surface area is 103 Å². The van der Waals surface area contributed by atoms with E-state index in [2.05, 4.69) is 16.2 Å². The summed E-state index contributed by atoms with van der Waals surface area (Å²) in [4.78, 5) is 25.8. The van der Waals surface area contributed by atoms with Gasteiger partial charge in [0.2, 0.25) is 0 Å². The van der Waals surface area contributed by atoms with E-state index in [9.17, 15) is 9.59 Å². The second-order valence-electron chi connectivity index (χ2n) is 3.26. The quantitative estimate of drug-likeness (QED) is 0.592. The summed E-state index contributed by atoms with van der Waals surface area (Å²) in [5, 5.41) is 12.8. The molecule has 1 amide bonds. The molecule has 0 saturated carbocycles. The minimum atomic E-state index is -1.13. The van der Waals surface area contributed by atoms with Crippen molar-refractivity contribution in [1.82, 2.24) is 10.3 Å². The highest BCUT2D eigenvalue weighted by Gasteiger charge is 2.13. The number of amides is 1. The van der Waals surface area contributed by atoms with Crippen LogP contribution in [-0.2, 0) is 0 Å². The molecule has 0 radical (unpaired) electrons. The van der Waals surface area contributed by atoms with Gasteiger partial charge in [0.1, 0.15) is 0 Å². The molecular formula is C11H12N2O3S. The van der Waals surface area contributed by atoms with Crippen molar-refractivity contribution in [2.24, 2.45) is 0 Å². The number of terminal acetylenes is 1. The van der Waals surface area contributed by atoms with Crippen LogP contribution in [-0.4, -0.2) is 28.5 Å². The first-order chi connectivity index (χ1) is 8.15. The maximum atomic E-state index is 11.5. The number of aromatic carboxylic acids is 1. The molecule has 2 N–H and O–H groups in total. The number of carboxylic acids is 1. The third kappa shape index (κ3) is 4.25. The Bertz CT molecular complexity index is 448. The number of hydrogen-bond acceptors (Lipinski definition) is 4. The van der Waals surface area contributed by atoms with Gasteiger partial charge in [0.15, 0.2) is 10.7 Å². The van der Waals surface area contributed by atoms with Crippen LogP contribution in [0.25, 0.3) is 0 Å². The summed E-state index contributed by atoms with van der Waals surface area (Å²) in [6.45, 7) is 0.516. The first-order valence-electron chi connectivity index (χ1n) is 5.05. The fourth-order valence-corrected chi connectivity index (χ4v) is 1.81. The molecule has 0 aliphatic carbocycles. The fourth-order valence-electron chi connectivity index (χ4n) is 1.11. The number of nitrogens with one attached hydrogen (secondary N) is 1. The highest BCUT2D eigenvalue weighted by Crippen LogP contribution is 2.09. The van der Waals surface area contributed by atoms with Gasteiger partial charge in [0.05, 0.1) is 0 Å². The minimum Gasteiger partial charge on any atom is -0.476 e. The van der Waals surface area contributed by atoms with Gasteiger partial charge in [-0.1, -0.05) is 0 Å². The zero-order valence-electron chi connectivity index (χ0n) is 9.10. The van der Waals surface area contributed by atoms with E-state index in [1.807, 2.05) is 0 Å². The van der Waals surface area contributed by atoms with Gasteiger partial charge in [-0.25, -0.2) is 9.78 Å². The monoisotopic (exact) mass is 252 g/mol. The number of rotatable bonds is 6. The molecule has 1 aromatic rings. The molecule has 0 aliphatic heterocycles. The zero-order valence-corrected chi connectivity index (χ0v) is 9.92. The van der Waals surface area contributed by atoms with Crippen LogP contribution in [0.2, 0.25) is 0 Å². The van der Waals surface area contributed by atoms with Crippen molar-refractivity contribution in [3.8, 4) is 12.3 Å². The van der Waals surface area contributed by atoms with Crippen LogP contribution in [0.5, 0.6) is 0 Å². The Morgan fingerprint density at radius 2 is 2.29 bits per heavy atom. The van der Waals surface area contributed by atoms with Gasteiger partial charge in [-0.3, -0.25) is 4.79 Å². The lowest BCUT2D eigenvalue weighted by Gasteiger charge is -2.00. The summed E-state index contributed by atoms with van der Waals surface area (Å²) < 4.78 is 0. The average Bonchev–Trinajstić information content (AvgIpc) is 2.78. The molecule has 1 aromatic heterocycles. The molecule has 0 bridgehead atoms. The molecule has 6 heteroatoms. The van der Waals surface area contributed by atoms with Gasteiger partial charge in [-0.15, -0.1) is 23.7 Å². The van der Waals surface area contributed by atoms with Gasteiger partial charge >= 0.3 is 5.97 Å². The molecule has 0 saturated heterocycles. The largest absolute Gasteiger partial charge is 0.476 e. The summed E-state index contributed by atoms with van der Waals surface area (Å²) in [5.41, 5.74) is -0.104. The molecule has 0 aromatic carbocycles. The lowest BCUT2D eigenvalue weighted by Crippen LogP contribution is -2.24. The van der Waals surface area contributed by atoms with Crippen LogP contribution in [0.4, 0.5) is 0 Å². The molecule has 0 fully saturated rings. The molecule has 5 nitrogen and oxygen atoms in total. The molecule has 90 valence electrons. The van der Waals surface area contributed by atoms with E-state index in [1.165, 1.54) is 5.38 Å². The van der Waals surface area contributed by atoms with Gasteiger partial charge < -0.3 is 10.4 Å². The van der Waals surface area contributed by atoms with Crippen molar-refractivity contribution in [2.45, 2.75) is 19.3 Å². The van der Waals surface area contributed by atoms with Crippen molar-refractivity contribution in [1.29, 1.82) is 0 Å². The number of nitrogens with zero attached hydrogens (tertiary/aromatic N) is 1. The van der Waals surface area contributed by atoms with Gasteiger partial charge in [-0.2, -0.15) is 0 Å². The zero-order chi connectivity index (χ0) is 12.7. The van der Waals surface area contributed by atoms with Crippen LogP contribution in [0.15, 0.2) is 5.38 Å². The smallest absolute Gasteiger partial charge is 0.355 e. The first kappa shape index (κ1) is 13.2. The topological polar surface area (TPSA) is 79.3 Å². The van der Waals surface area contributed by atoms with E-state index in [1.54, 1.807) is 0 Å². The summed E-state index contributed by atoms with van der Waals surface area (Å²) in [5.74, 6) is 1.04. The molecule has 1 rings (SSSR count). The van der Waals surface area contributed by atoms with E-state index in [-0.39, 0.29) is 16.6 Å². The number of carbonyl (C=O) groups is 2. The molecule has 17 heavy (non-hydrogen) atoms. The molecule has 0 aliphatic rings. The third-order valence-corrected chi connectivity index (χ3v) is 2.79. The van der Waals surface area contributed by atoms with Crippen molar-refractivity contribution < 1.29 is 14.7 Å². The highest BCUT2D eigenvalue weighted by atomic mass is 32.1. The Kier molecular flexibility index (Phi) is 5.17. The summed E-state index contributed by atoms with van der Waals surface area (Å²) in [6, 6.07) is 0. The lowest BCUT2D eigenvalue weighted by atomic mass is 10.2. The van der Waals surface area contributed by atoms with E-state index in [0.29, 0.717) is 13.0 Å². The number of carboxylic acid groups (broad SMARTS) is 1. The summed E-state index contributed by atoms with van der Waals surface area (Å²) >= 11 is 1.02. The van der Waals surface area contributed by atoms with Crippen molar-refractivity contribution in [3.05, 3.63) is 16.1 Å². The van der Waals surface area contributed by atoms with Crippen LogP contribution in [0.3, 0.4) is 0 Å². The van der Waals surface area contributed by atoms with Crippen LogP contribution >= 0.6 is 11.3 Å². The standard InChI is InChI=1S/C11H12N2O3S/c1-2-3-4-5-6-12-9(14)10-13-8(7-17-10)11(15)16/h1,7H,3-6H2,(H,12,14)(H,15,16). The molecule has 0 spiro atoms. The number of aromatic nitrogens is 1. The predicted octanol–water partition coefficient (Wildman–Crippen LogP) is 1.37. The Balaban J connectivity index is 2.37. The molecule has 0 atom stereocenters. The normalized spacial score (nSPS) is 9.59.